The van der Waals surface area contributed by atoms with Crippen molar-refractivity contribution in [1.82, 2.24) is 19.6 Å². The van der Waals surface area contributed by atoms with E-state index in [4.69, 9.17) is 11.6 Å². The predicted molar refractivity (Wildman–Crippen MR) is 85.5 cm³/mol. The van der Waals surface area contributed by atoms with Gasteiger partial charge in [0.05, 0.1) is 16.9 Å². The van der Waals surface area contributed by atoms with Crippen LogP contribution in [0.2, 0.25) is 5.02 Å². The van der Waals surface area contributed by atoms with Crippen LogP contribution < -0.4 is 5.01 Å². The van der Waals surface area contributed by atoms with Gasteiger partial charge < -0.3 is 0 Å². The molecular weight excluding hydrogens is 322 g/mol. The number of anilines is 1. The standard InChI is InChI=1S/C14H12ClN5OS/c1-18-11-3-5-22-12(11)2-4-20(18)14(21)10-6-13-16-7-9(15)8-19(13)17-10/h3,5-8H,2,4H2,1H3. The molecule has 1 amide bonds. The van der Waals surface area contributed by atoms with Crippen LogP contribution in [-0.2, 0) is 6.42 Å². The number of aromatic nitrogens is 3. The minimum atomic E-state index is -0.138. The summed E-state index contributed by atoms with van der Waals surface area (Å²) in [6.07, 6.45) is 4.04. The predicted octanol–water partition coefficient (Wildman–Crippen LogP) is 2.49. The van der Waals surface area contributed by atoms with Crippen LogP contribution in [0.4, 0.5) is 5.69 Å². The van der Waals surface area contributed by atoms with Crippen molar-refractivity contribution in [2.24, 2.45) is 0 Å². The lowest BCUT2D eigenvalue weighted by atomic mass is 10.2. The minimum absolute atomic E-state index is 0.138. The number of nitrogens with zero attached hydrogens (tertiary/aromatic N) is 5. The fourth-order valence-electron chi connectivity index (χ4n) is 2.63. The molecule has 6 nitrogen and oxygen atoms in total. The molecule has 0 saturated heterocycles. The second-order valence-corrected chi connectivity index (χ2v) is 6.47. The van der Waals surface area contributed by atoms with Gasteiger partial charge in [0.25, 0.3) is 5.91 Å². The molecule has 0 aromatic carbocycles. The second kappa shape index (κ2) is 4.96. The smallest absolute Gasteiger partial charge is 0.285 e. The van der Waals surface area contributed by atoms with Gasteiger partial charge in [-0.1, -0.05) is 11.6 Å². The van der Waals surface area contributed by atoms with Gasteiger partial charge in [0.2, 0.25) is 0 Å². The van der Waals surface area contributed by atoms with E-state index in [-0.39, 0.29) is 5.91 Å². The van der Waals surface area contributed by atoms with Crippen molar-refractivity contribution in [1.29, 1.82) is 0 Å². The Labute approximate surface area is 135 Å². The number of carbonyl (C=O) groups is 1. The Morgan fingerprint density at radius 3 is 3.18 bits per heavy atom. The van der Waals surface area contributed by atoms with Gasteiger partial charge in [-0.05, 0) is 11.4 Å². The highest BCUT2D eigenvalue weighted by Crippen LogP contribution is 2.31. The number of carbonyl (C=O) groups excluding carboxylic acids is 1. The molecule has 8 heteroatoms. The third-order valence-corrected chi connectivity index (χ3v) is 4.88. The highest BCUT2D eigenvalue weighted by Gasteiger charge is 2.28. The summed E-state index contributed by atoms with van der Waals surface area (Å²) >= 11 is 7.62. The molecule has 4 heterocycles. The van der Waals surface area contributed by atoms with Crippen LogP contribution in [0.3, 0.4) is 0 Å². The largest absolute Gasteiger partial charge is 0.292 e. The van der Waals surface area contributed by atoms with Crippen molar-refractivity contribution in [2.75, 3.05) is 18.6 Å². The number of halogens is 1. The van der Waals surface area contributed by atoms with Crippen molar-refractivity contribution in [3.05, 3.63) is 45.5 Å². The Morgan fingerprint density at radius 2 is 2.32 bits per heavy atom. The van der Waals surface area contributed by atoms with Crippen LogP contribution in [-0.4, -0.2) is 39.1 Å². The zero-order chi connectivity index (χ0) is 15.3. The van der Waals surface area contributed by atoms with E-state index in [2.05, 4.69) is 10.1 Å². The number of fused-ring (bicyclic) bond motifs is 2. The average molecular weight is 334 g/mol. The maximum absolute atomic E-state index is 12.7. The van der Waals surface area contributed by atoms with Crippen molar-refractivity contribution in [3.63, 3.8) is 0 Å². The lowest BCUT2D eigenvalue weighted by molar-refractivity contribution is 0.0733. The number of thiophene rings is 1. The van der Waals surface area contributed by atoms with Gasteiger partial charge >= 0.3 is 0 Å². The third-order valence-electron chi connectivity index (χ3n) is 3.72. The molecule has 0 atom stereocenters. The Hall–Kier alpha value is -2.12. The second-order valence-electron chi connectivity index (χ2n) is 5.04. The molecular formula is C14H12ClN5OS. The van der Waals surface area contributed by atoms with Crippen LogP contribution in [0.15, 0.2) is 29.9 Å². The first-order chi connectivity index (χ1) is 10.6. The molecule has 0 spiro atoms. The maximum atomic E-state index is 12.7. The zero-order valence-electron chi connectivity index (χ0n) is 11.7. The summed E-state index contributed by atoms with van der Waals surface area (Å²) < 4.78 is 1.52. The van der Waals surface area contributed by atoms with Crippen molar-refractivity contribution in [2.45, 2.75) is 6.42 Å². The van der Waals surface area contributed by atoms with E-state index >= 15 is 0 Å². The molecule has 3 aromatic heterocycles. The van der Waals surface area contributed by atoms with Gasteiger partial charge in [-0.2, -0.15) is 5.10 Å². The van der Waals surface area contributed by atoms with E-state index in [1.54, 1.807) is 28.6 Å². The fraction of sp³-hybridized carbons (Fsp3) is 0.214. The third kappa shape index (κ3) is 2.05. The highest BCUT2D eigenvalue weighted by molar-refractivity contribution is 7.10. The first kappa shape index (κ1) is 13.5. The first-order valence-electron chi connectivity index (χ1n) is 6.76. The summed E-state index contributed by atoms with van der Waals surface area (Å²) in [5, 5.41) is 10.4. The van der Waals surface area contributed by atoms with E-state index in [0.717, 1.165) is 12.1 Å². The van der Waals surface area contributed by atoms with Crippen molar-refractivity contribution < 1.29 is 4.79 Å². The molecule has 22 heavy (non-hydrogen) atoms. The number of hydrogen-bond donors (Lipinski definition) is 0. The topological polar surface area (TPSA) is 53.7 Å². The maximum Gasteiger partial charge on any atom is 0.292 e. The highest BCUT2D eigenvalue weighted by atomic mass is 35.5. The van der Waals surface area contributed by atoms with Crippen LogP contribution in [0, 0.1) is 0 Å². The number of hydrazine groups is 1. The van der Waals surface area contributed by atoms with E-state index < -0.39 is 0 Å². The molecule has 0 saturated carbocycles. The molecule has 0 N–H and O–H groups in total. The SMILES string of the molecule is CN1c2ccsc2CCN1C(=O)c1cc2ncc(Cl)cn2n1. The Bertz CT molecular complexity index is 873. The van der Waals surface area contributed by atoms with E-state index in [9.17, 15) is 4.79 Å². The van der Waals surface area contributed by atoms with Gasteiger partial charge in [0, 0.05) is 37.2 Å². The Morgan fingerprint density at radius 1 is 1.45 bits per heavy atom. The van der Waals surface area contributed by atoms with E-state index in [1.165, 1.54) is 15.6 Å². The molecule has 3 aromatic rings. The molecule has 0 aliphatic carbocycles. The average Bonchev–Trinajstić information content (AvgIpc) is 3.12. The van der Waals surface area contributed by atoms with Crippen molar-refractivity contribution >= 4 is 40.2 Å². The van der Waals surface area contributed by atoms with Crippen molar-refractivity contribution in [3.8, 4) is 0 Å². The number of hydrogen-bond acceptors (Lipinski definition) is 5. The van der Waals surface area contributed by atoms with Gasteiger partial charge in [0.15, 0.2) is 11.3 Å². The first-order valence-corrected chi connectivity index (χ1v) is 8.02. The fourth-order valence-corrected chi connectivity index (χ4v) is 3.66. The summed E-state index contributed by atoms with van der Waals surface area (Å²) in [4.78, 5) is 18.2. The Kier molecular flexibility index (Phi) is 3.05. The van der Waals surface area contributed by atoms with Gasteiger partial charge in [-0.3, -0.25) is 9.80 Å². The van der Waals surface area contributed by atoms with E-state index in [0.29, 0.717) is 22.9 Å². The van der Waals surface area contributed by atoms with Gasteiger partial charge in [0.1, 0.15) is 0 Å². The molecule has 4 rings (SSSR count). The molecule has 112 valence electrons. The summed E-state index contributed by atoms with van der Waals surface area (Å²) in [6, 6.07) is 3.71. The number of rotatable bonds is 1. The molecule has 0 unspecified atom stereocenters. The van der Waals surface area contributed by atoms with Gasteiger partial charge in [-0.15, -0.1) is 11.3 Å². The molecule has 0 fully saturated rings. The van der Waals surface area contributed by atoms with Crippen LogP contribution >= 0.6 is 22.9 Å². The lowest BCUT2D eigenvalue weighted by Crippen LogP contribution is -2.48. The van der Waals surface area contributed by atoms with Crippen LogP contribution in [0.25, 0.3) is 5.65 Å². The van der Waals surface area contributed by atoms with E-state index in [1.807, 2.05) is 23.5 Å². The number of amides is 1. The molecule has 1 aliphatic rings. The summed E-state index contributed by atoms with van der Waals surface area (Å²) in [7, 11) is 1.90. The summed E-state index contributed by atoms with van der Waals surface area (Å²) in [5.74, 6) is -0.138. The van der Waals surface area contributed by atoms with Gasteiger partial charge in [-0.25, -0.2) is 14.5 Å². The van der Waals surface area contributed by atoms with Crippen LogP contribution in [0.5, 0.6) is 0 Å². The Balaban J connectivity index is 1.68. The summed E-state index contributed by atoms with van der Waals surface area (Å²) in [6.45, 7) is 0.644. The molecule has 0 bridgehead atoms. The monoisotopic (exact) mass is 333 g/mol. The quantitative estimate of drug-likeness (QED) is 0.686. The zero-order valence-corrected chi connectivity index (χ0v) is 13.3. The normalized spacial score (nSPS) is 14.5. The summed E-state index contributed by atoms with van der Waals surface area (Å²) in [5.41, 5.74) is 2.04. The minimum Gasteiger partial charge on any atom is -0.285 e. The molecule has 1 aliphatic heterocycles. The van der Waals surface area contributed by atoms with Crippen LogP contribution in [0.1, 0.15) is 15.4 Å². The molecule has 0 radical (unpaired) electrons. The lowest BCUT2D eigenvalue weighted by Gasteiger charge is -2.36.